The fourth-order valence-corrected chi connectivity index (χ4v) is 3.09. The highest BCUT2D eigenvalue weighted by Crippen LogP contribution is 2.22. The number of nitrogens with one attached hydrogen (secondary N) is 2. The van der Waals surface area contributed by atoms with Crippen molar-refractivity contribution < 1.29 is 0 Å². The Hall–Kier alpha value is -1.15. The van der Waals surface area contributed by atoms with Crippen LogP contribution in [0.5, 0.6) is 0 Å². The van der Waals surface area contributed by atoms with Crippen LogP contribution in [0.25, 0.3) is 0 Å². The van der Waals surface area contributed by atoms with Crippen LogP contribution in [0.4, 0.5) is 0 Å². The number of hydrogen-bond acceptors (Lipinski definition) is 3. The molecule has 0 fully saturated rings. The van der Waals surface area contributed by atoms with E-state index in [1.54, 1.807) is 18.4 Å². The second-order valence-corrected chi connectivity index (χ2v) is 7.85. The van der Waals surface area contributed by atoms with Crippen LogP contribution in [-0.4, -0.2) is 24.5 Å². The third-order valence-electron chi connectivity index (χ3n) is 4.01. The standard InChI is InChI=1S/C19H28N4S.HI/c1-14-17(24-13-23-14)12-22-18(20-5)21-11-10-15-6-8-16(9-7-15)19(2,3)4;/h6-9,13H,10-12H2,1-5H3,(H2,20,21,22);1H. The van der Waals surface area contributed by atoms with Gasteiger partial charge in [-0.3, -0.25) is 4.99 Å². The Kier molecular flexibility index (Phi) is 8.85. The summed E-state index contributed by atoms with van der Waals surface area (Å²) < 4.78 is 0. The van der Waals surface area contributed by atoms with E-state index < -0.39 is 0 Å². The van der Waals surface area contributed by atoms with E-state index in [4.69, 9.17) is 0 Å². The van der Waals surface area contributed by atoms with Gasteiger partial charge in [0.15, 0.2) is 5.96 Å². The van der Waals surface area contributed by atoms with E-state index in [2.05, 4.69) is 65.6 Å². The second-order valence-electron chi connectivity index (χ2n) is 6.91. The first kappa shape index (κ1) is 21.9. The van der Waals surface area contributed by atoms with Crippen molar-refractivity contribution in [2.75, 3.05) is 13.6 Å². The molecule has 0 radical (unpaired) electrons. The first-order chi connectivity index (χ1) is 11.4. The average Bonchev–Trinajstić information content (AvgIpc) is 2.95. The number of guanidine groups is 1. The van der Waals surface area contributed by atoms with Gasteiger partial charge >= 0.3 is 0 Å². The second kappa shape index (κ2) is 10.1. The molecule has 2 rings (SSSR count). The number of nitrogens with zero attached hydrogens (tertiary/aromatic N) is 2. The van der Waals surface area contributed by atoms with Gasteiger partial charge in [-0.05, 0) is 29.9 Å². The van der Waals surface area contributed by atoms with Crippen LogP contribution in [0.1, 0.15) is 42.5 Å². The summed E-state index contributed by atoms with van der Waals surface area (Å²) in [7, 11) is 1.80. The van der Waals surface area contributed by atoms with Gasteiger partial charge in [0.25, 0.3) is 0 Å². The van der Waals surface area contributed by atoms with Gasteiger partial charge in [-0.1, -0.05) is 45.0 Å². The van der Waals surface area contributed by atoms with E-state index in [1.165, 1.54) is 16.0 Å². The van der Waals surface area contributed by atoms with Crippen LogP contribution in [0.15, 0.2) is 34.8 Å². The quantitative estimate of drug-likeness (QED) is 0.388. The first-order valence-electron chi connectivity index (χ1n) is 8.33. The van der Waals surface area contributed by atoms with Crippen molar-refractivity contribution in [2.45, 2.75) is 46.1 Å². The number of rotatable bonds is 5. The molecule has 4 nitrogen and oxygen atoms in total. The third-order valence-corrected chi connectivity index (χ3v) is 4.95. The molecule has 1 heterocycles. The number of benzene rings is 1. The zero-order valence-electron chi connectivity index (χ0n) is 15.7. The van der Waals surface area contributed by atoms with Gasteiger partial charge in [0.1, 0.15) is 0 Å². The summed E-state index contributed by atoms with van der Waals surface area (Å²) in [6, 6.07) is 8.90. The Bertz CT molecular complexity index is 671. The van der Waals surface area contributed by atoms with Crippen molar-refractivity contribution in [2.24, 2.45) is 4.99 Å². The number of aryl methyl sites for hydroxylation is 1. The van der Waals surface area contributed by atoms with Crippen LogP contribution >= 0.6 is 35.3 Å². The van der Waals surface area contributed by atoms with E-state index in [-0.39, 0.29) is 29.4 Å². The molecule has 2 aromatic rings. The highest BCUT2D eigenvalue weighted by Gasteiger charge is 2.12. The van der Waals surface area contributed by atoms with Crippen LogP contribution in [-0.2, 0) is 18.4 Å². The Labute approximate surface area is 172 Å². The molecule has 138 valence electrons. The molecular weight excluding hydrogens is 443 g/mol. The Balaban J connectivity index is 0.00000312. The Morgan fingerprint density at radius 1 is 1.16 bits per heavy atom. The predicted octanol–water partition coefficient (Wildman–Crippen LogP) is 4.27. The number of hydrogen-bond donors (Lipinski definition) is 2. The molecule has 0 atom stereocenters. The highest BCUT2D eigenvalue weighted by atomic mass is 127. The van der Waals surface area contributed by atoms with Crippen molar-refractivity contribution in [3.05, 3.63) is 51.5 Å². The fraction of sp³-hybridized carbons (Fsp3) is 0.474. The number of aliphatic imine (C=N–C) groups is 1. The minimum absolute atomic E-state index is 0. The van der Waals surface area contributed by atoms with Gasteiger partial charge in [-0.15, -0.1) is 35.3 Å². The summed E-state index contributed by atoms with van der Waals surface area (Å²) in [6.07, 6.45) is 0.977. The lowest BCUT2D eigenvalue weighted by atomic mass is 9.86. The smallest absolute Gasteiger partial charge is 0.191 e. The molecule has 0 unspecified atom stereocenters. The first-order valence-corrected chi connectivity index (χ1v) is 9.21. The molecule has 0 saturated heterocycles. The average molecular weight is 472 g/mol. The molecule has 0 aliphatic rings. The van der Waals surface area contributed by atoms with Gasteiger partial charge in [0.2, 0.25) is 0 Å². The Morgan fingerprint density at radius 2 is 1.84 bits per heavy atom. The molecule has 1 aromatic carbocycles. The molecule has 25 heavy (non-hydrogen) atoms. The molecular formula is C19H29IN4S. The molecule has 0 bridgehead atoms. The van der Waals surface area contributed by atoms with Gasteiger partial charge < -0.3 is 10.6 Å². The van der Waals surface area contributed by atoms with E-state index >= 15 is 0 Å². The zero-order valence-corrected chi connectivity index (χ0v) is 18.9. The maximum Gasteiger partial charge on any atom is 0.191 e. The van der Waals surface area contributed by atoms with Crippen molar-refractivity contribution in [1.29, 1.82) is 0 Å². The Morgan fingerprint density at radius 3 is 2.36 bits per heavy atom. The molecule has 0 spiro atoms. The fourth-order valence-electron chi connectivity index (χ4n) is 2.38. The maximum atomic E-state index is 4.27. The minimum Gasteiger partial charge on any atom is -0.356 e. The zero-order chi connectivity index (χ0) is 17.6. The lowest BCUT2D eigenvalue weighted by Gasteiger charge is -2.19. The van der Waals surface area contributed by atoms with Crippen molar-refractivity contribution >= 4 is 41.3 Å². The van der Waals surface area contributed by atoms with Gasteiger partial charge in [0.05, 0.1) is 17.7 Å². The summed E-state index contributed by atoms with van der Waals surface area (Å²) in [5, 5.41) is 6.70. The van der Waals surface area contributed by atoms with E-state index in [9.17, 15) is 0 Å². The predicted molar refractivity (Wildman–Crippen MR) is 119 cm³/mol. The third kappa shape index (κ3) is 6.93. The summed E-state index contributed by atoms with van der Waals surface area (Å²) in [5.74, 6) is 0.828. The van der Waals surface area contributed by atoms with Crippen molar-refractivity contribution in [3.8, 4) is 0 Å². The van der Waals surface area contributed by atoms with E-state index in [0.717, 1.165) is 31.2 Å². The van der Waals surface area contributed by atoms with Crippen LogP contribution in [0.2, 0.25) is 0 Å². The summed E-state index contributed by atoms with van der Waals surface area (Å²) in [6.45, 7) is 10.4. The maximum absolute atomic E-state index is 4.27. The lowest BCUT2D eigenvalue weighted by Crippen LogP contribution is -2.37. The lowest BCUT2D eigenvalue weighted by molar-refractivity contribution is 0.590. The molecule has 0 saturated carbocycles. The normalized spacial score (nSPS) is 11.8. The highest BCUT2D eigenvalue weighted by molar-refractivity contribution is 14.0. The number of halogens is 1. The van der Waals surface area contributed by atoms with Gasteiger partial charge in [-0.2, -0.15) is 0 Å². The molecule has 1 aromatic heterocycles. The van der Waals surface area contributed by atoms with Gasteiger partial charge in [0, 0.05) is 18.5 Å². The minimum atomic E-state index is 0. The van der Waals surface area contributed by atoms with Crippen LogP contribution in [0, 0.1) is 6.92 Å². The summed E-state index contributed by atoms with van der Waals surface area (Å²) in [5.41, 5.74) is 5.88. The van der Waals surface area contributed by atoms with Gasteiger partial charge in [-0.25, -0.2) is 4.98 Å². The molecule has 6 heteroatoms. The SMILES string of the molecule is CN=C(NCCc1ccc(C(C)(C)C)cc1)NCc1scnc1C.I. The summed E-state index contributed by atoms with van der Waals surface area (Å²) in [4.78, 5) is 9.78. The summed E-state index contributed by atoms with van der Waals surface area (Å²) >= 11 is 1.67. The number of thiazole rings is 1. The van der Waals surface area contributed by atoms with E-state index in [0.29, 0.717) is 0 Å². The number of aromatic nitrogens is 1. The monoisotopic (exact) mass is 472 g/mol. The van der Waals surface area contributed by atoms with Crippen LogP contribution in [0.3, 0.4) is 0 Å². The van der Waals surface area contributed by atoms with Crippen molar-refractivity contribution in [3.63, 3.8) is 0 Å². The molecule has 0 amide bonds. The molecule has 0 aliphatic heterocycles. The van der Waals surface area contributed by atoms with E-state index in [1.807, 2.05) is 12.4 Å². The van der Waals surface area contributed by atoms with Crippen LogP contribution < -0.4 is 10.6 Å². The topological polar surface area (TPSA) is 49.3 Å². The molecule has 0 aliphatic carbocycles. The van der Waals surface area contributed by atoms with Crippen molar-refractivity contribution in [1.82, 2.24) is 15.6 Å². The largest absolute Gasteiger partial charge is 0.356 e. The molecule has 2 N–H and O–H groups in total.